The molecule has 0 heterocycles. The molecule has 3 N–H and O–H groups in total. The fourth-order valence-electron chi connectivity index (χ4n) is 1.58. The molecule has 1 aromatic rings. The molecule has 0 aliphatic rings. The van der Waals surface area contributed by atoms with Gasteiger partial charge in [0.2, 0.25) is 0 Å². The monoisotopic (exact) mass is 227 g/mol. The van der Waals surface area contributed by atoms with Crippen molar-refractivity contribution >= 4 is 11.6 Å². The van der Waals surface area contributed by atoms with Gasteiger partial charge >= 0.3 is 0 Å². The van der Waals surface area contributed by atoms with Crippen LogP contribution in [-0.2, 0) is 0 Å². The first-order valence-electron chi connectivity index (χ1n) is 5.53. The van der Waals surface area contributed by atoms with E-state index in [1.807, 2.05) is 6.07 Å². The second kappa shape index (κ2) is 8.75. The molecular weight excluding hydrogens is 206 g/mol. The summed E-state index contributed by atoms with van der Waals surface area (Å²) in [5, 5.41) is 0.202. The lowest BCUT2D eigenvalue weighted by Crippen LogP contribution is -1.90. The normalized spacial score (nSPS) is 11.9. The van der Waals surface area contributed by atoms with Gasteiger partial charge in [-0.2, -0.15) is 0 Å². The van der Waals surface area contributed by atoms with Gasteiger partial charge in [0.15, 0.2) is 0 Å². The number of unbranched alkanes of at least 4 members (excludes halogenated alkanes) is 3. The molecule has 0 saturated heterocycles. The molecule has 0 fully saturated rings. The first-order valence-corrected chi connectivity index (χ1v) is 5.97. The van der Waals surface area contributed by atoms with Crippen molar-refractivity contribution in [3.63, 3.8) is 0 Å². The Morgan fingerprint density at radius 1 is 1.07 bits per heavy atom. The fourth-order valence-corrected chi connectivity index (χ4v) is 1.88. The van der Waals surface area contributed by atoms with Crippen molar-refractivity contribution < 1.29 is 0 Å². The summed E-state index contributed by atoms with van der Waals surface area (Å²) in [4.78, 5) is 0. The van der Waals surface area contributed by atoms with Crippen LogP contribution in [0.4, 0.5) is 0 Å². The van der Waals surface area contributed by atoms with Crippen LogP contribution in [0.1, 0.15) is 50.0 Å². The first-order chi connectivity index (χ1) is 6.84. The third-order valence-corrected chi connectivity index (χ3v) is 2.94. The number of halogens is 1. The Labute approximate surface area is 98.4 Å². The SMILES string of the molecule is CCCCCCC(Cl)c1ccccc1.N. The molecule has 0 bridgehead atoms. The van der Waals surface area contributed by atoms with Crippen molar-refractivity contribution in [2.75, 3.05) is 0 Å². The van der Waals surface area contributed by atoms with Crippen LogP contribution in [-0.4, -0.2) is 0 Å². The molecule has 0 spiro atoms. The summed E-state index contributed by atoms with van der Waals surface area (Å²) in [5.41, 5.74) is 1.26. The number of hydrogen-bond donors (Lipinski definition) is 1. The molecule has 1 nitrogen and oxygen atoms in total. The standard InChI is InChI=1S/C13H19Cl.H3N/c1-2-3-4-8-11-13(14)12-9-6-5-7-10-12;/h5-7,9-10,13H,2-4,8,11H2,1H3;1H3. The summed E-state index contributed by atoms with van der Waals surface area (Å²) in [5.74, 6) is 0. The van der Waals surface area contributed by atoms with Crippen molar-refractivity contribution in [3.8, 4) is 0 Å². The van der Waals surface area contributed by atoms with Crippen molar-refractivity contribution in [3.05, 3.63) is 35.9 Å². The highest BCUT2D eigenvalue weighted by atomic mass is 35.5. The molecule has 1 aromatic carbocycles. The van der Waals surface area contributed by atoms with E-state index in [1.165, 1.54) is 31.2 Å². The summed E-state index contributed by atoms with van der Waals surface area (Å²) < 4.78 is 0. The van der Waals surface area contributed by atoms with Crippen LogP contribution in [0.25, 0.3) is 0 Å². The molecule has 2 heteroatoms. The minimum Gasteiger partial charge on any atom is -0.344 e. The minimum atomic E-state index is 0. The summed E-state index contributed by atoms with van der Waals surface area (Å²) in [6.07, 6.45) is 6.28. The van der Waals surface area contributed by atoms with Gasteiger partial charge in [0, 0.05) is 0 Å². The minimum absolute atomic E-state index is 0. The van der Waals surface area contributed by atoms with Gasteiger partial charge in [0.05, 0.1) is 5.38 Å². The molecule has 0 aromatic heterocycles. The molecule has 1 rings (SSSR count). The van der Waals surface area contributed by atoms with E-state index >= 15 is 0 Å². The zero-order chi connectivity index (χ0) is 10.2. The van der Waals surface area contributed by atoms with Gasteiger partial charge in [-0.3, -0.25) is 0 Å². The molecule has 0 amide bonds. The van der Waals surface area contributed by atoms with E-state index in [0.717, 1.165) is 6.42 Å². The van der Waals surface area contributed by atoms with Crippen molar-refractivity contribution in [2.45, 2.75) is 44.4 Å². The quantitative estimate of drug-likeness (QED) is 0.533. The Hall–Kier alpha value is -0.530. The second-order valence-electron chi connectivity index (χ2n) is 3.73. The summed E-state index contributed by atoms with van der Waals surface area (Å²) >= 11 is 6.29. The van der Waals surface area contributed by atoms with Gasteiger partial charge in [-0.25, -0.2) is 0 Å². The third-order valence-electron chi connectivity index (χ3n) is 2.47. The van der Waals surface area contributed by atoms with E-state index in [1.54, 1.807) is 0 Å². The van der Waals surface area contributed by atoms with Gasteiger partial charge in [-0.15, -0.1) is 11.6 Å². The van der Waals surface area contributed by atoms with Crippen molar-refractivity contribution in [1.82, 2.24) is 6.15 Å². The first kappa shape index (κ1) is 14.5. The molecule has 15 heavy (non-hydrogen) atoms. The number of rotatable bonds is 6. The lowest BCUT2D eigenvalue weighted by Gasteiger charge is -2.08. The Morgan fingerprint density at radius 2 is 1.73 bits per heavy atom. The topological polar surface area (TPSA) is 35.0 Å². The molecule has 1 unspecified atom stereocenters. The van der Waals surface area contributed by atoms with Crippen LogP contribution < -0.4 is 6.15 Å². The highest BCUT2D eigenvalue weighted by Crippen LogP contribution is 2.26. The average molecular weight is 228 g/mol. The van der Waals surface area contributed by atoms with Crippen molar-refractivity contribution in [2.24, 2.45) is 0 Å². The number of alkyl halides is 1. The largest absolute Gasteiger partial charge is 0.344 e. The molecule has 1 atom stereocenters. The highest BCUT2D eigenvalue weighted by molar-refractivity contribution is 6.20. The molecule has 0 aliphatic carbocycles. The Bertz CT molecular complexity index is 236. The van der Waals surface area contributed by atoms with E-state index in [2.05, 4.69) is 31.2 Å². The second-order valence-corrected chi connectivity index (χ2v) is 4.25. The molecule has 0 radical (unpaired) electrons. The van der Waals surface area contributed by atoms with Crippen LogP contribution in [0.5, 0.6) is 0 Å². The van der Waals surface area contributed by atoms with Gasteiger partial charge in [-0.1, -0.05) is 62.9 Å². The molecular formula is C13H22ClN. The lowest BCUT2D eigenvalue weighted by molar-refractivity contribution is 0.624. The van der Waals surface area contributed by atoms with Crippen LogP contribution in [0.15, 0.2) is 30.3 Å². The van der Waals surface area contributed by atoms with E-state index in [4.69, 9.17) is 11.6 Å². The Morgan fingerprint density at radius 3 is 2.33 bits per heavy atom. The maximum Gasteiger partial charge on any atom is 0.0585 e. The van der Waals surface area contributed by atoms with Gasteiger partial charge in [-0.05, 0) is 12.0 Å². The van der Waals surface area contributed by atoms with Gasteiger partial charge in [0.1, 0.15) is 0 Å². The van der Waals surface area contributed by atoms with E-state index in [0.29, 0.717) is 0 Å². The summed E-state index contributed by atoms with van der Waals surface area (Å²) in [6, 6.07) is 10.4. The Kier molecular flexibility index (Phi) is 8.44. The predicted octanol–water partition coefficient (Wildman–Crippen LogP) is 5.10. The smallest absolute Gasteiger partial charge is 0.0585 e. The number of benzene rings is 1. The lowest BCUT2D eigenvalue weighted by atomic mass is 10.1. The summed E-state index contributed by atoms with van der Waals surface area (Å²) in [7, 11) is 0. The number of hydrogen-bond acceptors (Lipinski definition) is 1. The maximum absolute atomic E-state index is 6.29. The third kappa shape index (κ3) is 5.81. The summed E-state index contributed by atoms with van der Waals surface area (Å²) in [6.45, 7) is 2.23. The van der Waals surface area contributed by atoms with Gasteiger partial charge in [0.25, 0.3) is 0 Å². The van der Waals surface area contributed by atoms with Gasteiger partial charge < -0.3 is 6.15 Å². The van der Waals surface area contributed by atoms with Crippen LogP contribution >= 0.6 is 11.6 Å². The molecule has 0 saturated carbocycles. The zero-order valence-corrected chi connectivity index (χ0v) is 10.3. The van der Waals surface area contributed by atoms with Crippen LogP contribution in [0, 0.1) is 0 Å². The predicted molar refractivity (Wildman–Crippen MR) is 68.8 cm³/mol. The van der Waals surface area contributed by atoms with E-state index < -0.39 is 0 Å². The fraction of sp³-hybridized carbons (Fsp3) is 0.538. The maximum atomic E-state index is 6.29. The van der Waals surface area contributed by atoms with Crippen LogP contribution in [0.2, 0.25) is 0 Å². The van der Waals surface area contributed by atoms with Crippen LogP contribution in [0.3, 0.4) is 0 Å². The highest BCUT2D eigenvalue weighted by Gasteiger charge is 2.05. The van der Waals surface area contributed by atoms with E-state index in [9.17, 15) is 0 Å². The Balaban J connectivity index is 0.00000196. The van der Waals surface area contributed by atoms with E-state index in [-0.39, 0.29) is 11.5 Å². The molecule has 86 valence electrons. The molecule has 0 aliphatic heterocycles. The average Bonchev–Trinajstić information content (AvgIpc) is 2.25. The zero-order valence-electron chi connectivity index (χ0n) is 9.58. The van der Waals surface area contributed by atoms with Crippen molar-refractivity contribution in [1.29, 1.82) is 0 Å².